The smallest absolute Gasteiger partial charge is 0.145 e. The minimum atomic E-state index is 0.873. The fraction of sp³-hybridized carbons (Fsp3) is 0. The number of nitrogens with zero attached hydrogens (tertiary/aromatic N) is 1. The summed E-state index contributed by atoms with van der Waals surface area (Å²) in [7, 11) is 0. The molecular weight excluding hydrogens is 711 g/mol. The Balaban J connectivity index is 1.04. The Labute approximate surface area is 335 Å². The Hall–Kier alpha value is -7.20. The Kier molecular flexibility index (Phi) is 8.04. The van der Waals surface area contributed by atoms with Gasteiger partial charge in [-0.15, -0.1) is 11.3 Å². The largest absolute Gasteiger partial charge is 0.455 e. The van der Waals surface area contributed by atoms with E-state index in [1.165, 1.54) is 53.6 Å². The average Bonchev–Trinajstić information content (AvgIpc) is 3.87. The molecule has 9 aromatic carbocycles. The minimum Gasteiger partial charge on any atom is -0.455 e. The molecule has 2 nitrogen and oxygen atoms in total. The van der Waals surface area contributed by atoms with Crippen molar-refractivity contribution in [3.05, 3.63) is 212 Å². The van der Waals surface area contributed by atoms with Crippen molar-refractivity contribution in [3.8, 4) is 44.5 Å². The van der Waals surface area contributed by atoms with Crippen molar-refractivity contribution in [3.63, 3.8) is 0 Å². The van der Waals surface area contributed by atoms with Gasteiger partial charge in [0.2, 0.25) is 0 Å². The number of benzene rings is 9. The Morgan fingerprint density at radius 1 is 0.351 bits per heavy atom. The van der Waals surface area contributed by atoms with Crippen molar-refractivity contribution in [2.45, 2.75) is 0 Å². The number of fused-ring (bicyclic) bond motifs is 6. The van der Waals surface area contributed by atoms with Crippen LogP contribution in [0.15, 0.2) is 217 Å². The highest BCUT2D eigenvalue weighted by atomic mass is 32.1. The summed E-state index contributed by atoms with van der Waals surface area (Å²) >= 11 is 1.86. The van der Waals surface area contributed by atoms with E-state index in [2.05, 4.69) is 211 Å². The molecule has 2 aromatic heterocycles. The van der Waals surface area contributed by atoms with Gasteiger partial charge in [0.1, 0.15) is 11.2 Å². The zero-order valence-electron chi connectivity index (χ0n) is 31.0. The van der Waals surface area contributed by atoms with Crippen LogP contribution in [0.25, 0.3) is 86.6 Å². The van der Waals surface area contributed by atoms with E-state index in [0.29, 0.717) is 0 Å². The minimum absolute atomic E-state index is 0.873. The number of anilines is 3. The summed E-state index contributed by atoms with van der Waals surface area (Å²) in [4.78, 5) is 2.38. The van der Waals surface area contributed by atoms with E-state index in [1.54, 1.807) is 0 Å². The highest BCUT2D eigenvalue weighted by molar-refractivity contribution is 7.25. The molecule has 0 aliphatic carbocycles. The molecule has 0 radical (unpaired) electrons. The Morgan fingerprint density at radius 2 is 0.842 bits per heavy atom. The second kappa shape index (κ2) is 13.8. The molecule has 0 atom stereocenters. The molecule has 2 heterocycles. The lowest BCUT2D eigenvalue weighted by Gasteiger charge is -2.27. The van der Waals surface area contributed by atoms with Crippen LogP contribution in [0.5, 0.6) is 0 Å². The monoisotopic (exact) mass is 745 g/mol. The van der Waals surface area contributed by atoms with Crippen LogP contribution < -0.4 is 4.90 Å². The van der Waals surface area contributed by atoms with Crippen molar-refractivity contribution in [2.75, 3.05) is 4.90 Å². The molecule has 0 aliphatic rings. The Morgan fingerprint density at radius 3 is 1.51 bits per heavy atom. The molecule has 0 amide bonds. The predicted octanol–water partition coefficient (Wildman–Crippen LogP) is 16.1. The van der Waals surface area contributed by atoms with Crippen molar-refractivity contribution in [1.29, 1.82) is 0 Å². The van der Waals surface area contributed by atoms with E-state index in [4.69, 9.17) is 4.42 Å². The van der Waals surface area contributed by atoms with E-state index >= 15 is 0 Å². The maximum atomic E-state index is 6.73. The zero-order chi connectivity index (χ0) is 37.7. The van der Waals surface area contributed by atoms with Gasteiger partial charge in [0.05, 0.1) is 11.1 Å². The first-order valence-electron chi connectivity index (χ1n) is 19.3. The first-order chi connectivity index (χ1) is 28.2. The van der Waals surface area contributed by atoms with Gasteiger partial charge in [-0.2, -0.15) is 0 Å². The maximum Gasteiger partial charge on any atom is 0.145 e. The van der Waals surface area contributed by atoms with Crippen LogP contribution in [0, 0.1) is 0 Å². The molecule has 0 spiro atoms. The molecule has 0 bridgehead atoms. The van der Waals surface area contributed by atoms with E-state index in [1.807, 2.05) is 17.4 Å². The van der Waals surface area contributed by atoms with E-state index in [-0.39, 0.29) is 0 Å². The molecule has 268 valence electrons. The summed E-state index contributed by atoms with van der Waals surface area (Å²) in [6.45, 7) is 0. The van der Waals surface area contributed by atoms with Gasteiger partial charge >= 0.3 is 0 Å². The summed E-state index contributed by atoms with van der Waals surface area (Å²) in [6.07, 6.45) is 0. The maximum absolute atomic E-state index is 6.73. The van der Waals surface area contributed by atoms with Crippen LogP contribution in [0.4, 0.5) is 17.1 Å². The molecule has 0 saturated heterocycles. The molecule has 3 heteroatoms. The Bertz CT molecular complexity index is 3200. The topological polar surface area (TPSA) is 16.4 Å². The lowest BCUT2D eigenvalue weighted by atomic mass is 9.98. The SMILES string of the molecule is c1ccc(-c2ccc(-c3ccc(N(c4ccc(-c5ccc6c(c5)sc5ccccc56)cc4)c4ccc(-c5ccccc5)c5oc6ccccc6c45)cc3)cc2)cc1. The van der Waals surface area contributed by atoms with Gasteiger partial charge in [0.25, 0.3) is 0 Å². The van der Waals surface area contributed by atoms with E-state index in [0.717, 1.165) is 50.1 Å². The first kappa shape index (κ1) is 33.2. The van der Waals surface area contributed by atoms with Crippen molar-refractivity contribution in [2.24, 2.45) is 0 Å². The van der Waals surface area contributed by atoms with Gasteiger partial charge in [-0.3, -0.25) is 0 Å². The third kappa shape index (κ3) is 5.88. The molecule has 0 saturated carbocycles. The third-order valence-corrected chi connectivity index (χ3v) is 12.3. The van der Waals surface area contributed by atoms with Gasteiger partial charge < -0.3 is 9.32 Å². The van der Waals surface area contributed by atoms with Crippen LogP contribution in [-0.2, 0) is 0 Å². The molecule has 11 rings (SSSR count). The average molecular weight is 746 g/mol. The fourth-order valence-electron chi connectivity index (χ4n) is 8.27. The number of thiophene rings is 1. The van der Waals surface area contributed by atoms with E-state index in [9.17, 15) is 0 Å². The van der Waals surface area contributed by atoms with Gasteiger partial charge in [-0.1, -0.05) is 158 Å². The molecule has 0 aliphatic heterocycles. The van der Waals surface area contributed by atoms with Crippen LogP contribution >= 0.6 is 11.3 Å². The molecular formula is C54H35NOS. The highest BCUT2D eigenvalue weighted by Crippen LogP contribution is 2.47. The summed E-state index contributed by atoms with van der Waals surface area (Å²) in [5.74, 6) is 0. The normalized spacial score (nSPS) is 11.5. The second-order valence-electron chi connectivity index (χ2n) is 14.5. The third-order valence-electron chi connectivity index (χ3n) is 11.1. The predicted molar refractivity (Wildman–Crippen MR) is 243 cm³/mol. The lowest BCUT2D eigenvalue weighted by molar-refractivity contribution is 0.670. The van der Waals surface area contributed by atoms with Gasteiger partial charge in [-0.25, -0.2) is 0 Å². The van der Waals surface area contributed by atoms with Crippen LogP contribution in [-0.4, -0.2) is 0 Å². The first-order valence-corrected chi connectivity index (χ1v) is 20.1. The van der Waals surface area contributed by atoms with E-state index < -0.39 is 0 Å². The molecule has 0 fully saturated rings. The second-order valence-corrected chi connectivity index (χ2v) is 15.6. The highest BCUT2D eigenvalue weighted by Gasteiger charge is 2.22. The van der Waals surface area contributed by atoms with Gasteiger partial charge in [0.15, 0.2) is 0 Å². The van der Waals surface area contributed by atoms with Gasteiger partial charge in [0, 0.05) is 42.5 Å². The number of hydrogen-bond donors (Lipinski definition) is 0. The molecule has 57 heavy (non-hydrogen) atoms. The lowest BCUT2D eigenvalue weighted by Crippen LogP contribution is -2.10. The van der Waals surface area contributed by atoms with Crippen molar-refractivity contribution < 1.29 is 4.42 Å². The molecule has 11 aromatic rings. The number of furan rings is 1. The van der Waals surface area contributed by atoms with Crippen molar-refractivity contribution >= 4 is 70.5 Å². The molecule has 0 unspecified atom stereocenters. The van der Waals surface area contributed by atoms with Crippen LogP contribution in [0.2, 0.25) is 0 Å². The summed E-state index contributed by atoms with van der Waals surface area (Å²) in [5, 5.41) is 4.81. The van der Waals surface area contributed by atoms with Gasteiger partial charge in [-0.05, 0) is 93.5 Å². The van der Waals surface area contributed by atoms with Crippen LogP contribution in [0.3, 0.4) is 0 Å². The fourth-order valence-corrected chi connectivity index (χ4v) is 9.41. The number of hydrogen-bond acceptors (Lipinski definition) is 3. The van der Waals surface area contributed by atoms with Crippen molar-refractivity contribution in [1.82, 2.24) is 0 Å². The number of para-hydroxylation sites is 1. The molecule has 0 N–H and O–H groups in total. The number of rotatable bonds is 7. The summed E-state index contributed by atoms with van der Waals surface area (Å²) in [5.41, 5.74) is 14.3. The summed E-state index contributed by atoms with van der Waals surface area (Å²) in [6, 6.07) is 76.3. The summed E-state index contributed by atoms with van der Waals surface area (Å²) < 4.78 is 9.36. The zero-order valence-corrected chi connectivity index (χ0v) is 31.8. The standard InChI is InChI=1S/C54H35NOS/c1-3-11-36(12-4-1)37-19-21-38(22-20-37)39-23-28-43(29-24-39)55(44-30-25-40(26-31-44)42-27-32-47-46-15-8-10-18-51(46)57-52(47)35-42)49-34-33-45(41-13-5-2-6-14-41)54-53(49)48-16-7-9-17-50(48)56-54/h1-35H. The quantitative estimate of drug-likeness (QED) is 0.162. The van der Waals surface area contributed by atoms with Crippen LogP contribution in [0.1, 0.15) is 0 Å².